The number of benzene rings is 2. The highest BCUT2D eigenvalue weighted by Gasteiger charge is 2.12. The number of aromatic nitrogens is 4. The van der Waals surface area contributed by atoms with E-state index in [1.807, 2.05) is 49.4 Å². The summed E-state index contributed by atoms with van der Waals surface area (Å²) >= 11 is 5.95. The zero-order valence-electron chi connectivity index (χ0n) is 13.1. The molecule has 0 bridgehead atoms. The third-order valence-corrected chi connectivity index (χ3v) is 3.73. The summed E-state index contributed by atoms with van der Waals surface area (Å²) in [7, 11) is 0. The molecule has 3 rings (SSSR count). The number of carbonyl (C=O) groups excluding carboxylic acids is 1. The Bertz CT molecular complexity index is 834. The van der Waals surface area contributed by atoms with Gasteiger partial charge < -0.3 is 5.32 Å². The lowest BCUT2D eigenvalue weighted by molar-refractivity contribution is -0.122. The average molecular weight is 342 g/mol. The molecule has 24 heavy (non-hydrogen) atoms. The minimum Gasteiger partial charge on any atom is -0.348 e. The number of hydrogen-bond acceptors (Lipinski definition) is 4. The number of hydrogen-bond donors (Lipinski definition) is 1. The van der Waals surface area contributed by atoms with Crippen LogP contribution < -0.4 is 5.32 Å². The van der Waals surface area contributed by atoms with Crippen molar-refractivity contribution in [3.63, 3.8) is 0 Å². The highest BCUT2D eigenvalue weighted by Crippen LogP contribution is 2.18. The molecule has 1 aromatic heterocycles. The van der Waals surface area contributed by atoms with Gasteiger partial charge in [-0.25, -0.2) is 0 Å². The molecule has 1 N–H and O–H groups in total. The summed E-state index contributed by atoms with van der Waals surface area (Å²) in [5, 5.41) is 15.6. The maximum atomic E-state index is 12.1. The molecule has 0 saturated carbocycles. The second-order valence-corrected chi connectivity index (χ2v) is 5.79. The lowest BCUT2D eigenvalue weighted by Crippen LogP contribution is -2.30. The van der Waals surface area contributed by atoms with Gasteiger partial charge in [0.2, 0.25) is 11.7 Å². The molecule has 0 aliphatic heterocycles. The fraction of sp³-hybridized carbons (Fsp3) is 0.176. The highest BCUT2D eigenvalue weighted by molar-refractivity contribution is 6.30. The minimum atomic E-state index is -0.179. The van der Waals surface area contributed by atoms with Gasteiger partial charge in [0, 0.05) is 10.6 Å². The minimum absolute atomic E-state index is 0.00470. The molecule has 0 radical (unpaired) electrons. The largest absolute Gasteiger partial charge is 0.348 e. The molecule has 0 aliphatic carbocycles. The van der Waals surface area contributed by atoms with Crippen molar-refractivity contribution in [2.75, 3.05) is 0 Å². The Hall–Kier alpha value is -2.73. The molecule has 2 aromatic carbocycles. The van der Waals surface area contributed by atoms with Crippen LogP contribution in [-0.4, -0.2) is 26.1 Å². The molecule has 0 spiro atoms. The first kappa shape index (κ1) is 16.1. The molecule has 1 heterocycles. The summed E-state index contributed by atoms with van der Waals surface area (Å²) in [4.78, 5) is 13.4. The fourth-order valence-electron chi connectivity index (χ4n) is 2.29. The molecule has 6 nitrogen and oxygen atoms in total. The first-order chi connectivity index (χ1) is 11.6. The van der Waals surface area contributed by atoms with E-state index < -0.39 is 0 Å². The number of tetrazole rings is 1. The summed E-state index contributed by atoms with van der Waals surface area (Å²) in [6.07, 6.45) is 0. The van der Waals surface area contributed by atoms with Crippen LogP contribution in [0.3, 0.4) is 0 Å². The number of nitrogens with zero attached hydrogens (tertiary/aromatic N) is 4. The maximum absolute atomic E-state index is 12.1. The molecular formula is C17H16ClN5O. The second kappa shape index (κ2) is 7.23. The van der Waals surface area contributed by atoms with Gasteiger partial charge in [-0.1, -0.05) is 54.1 Å². The number of rotatable bonds is 5. The van der Waals surface area contributed by atoms with Crippen molar-refractivity contribution in [2.24, 2.45) is 0 Å². The third kappa shape index (κ3) is 3.97. The predicted molar refractivity (Wildman–Crippen MR) is 91.3 cm³/mol. The monoisotopic (exact) mass is 341 g/mol. The molecular weight excluding hydrogens is 326 g/mol. The molecule has 122 valence electrons. The molecule has 0 unspecified atom stereocenters. The van der Waals surface area contributed by atoms with E-state index in [0.717, 1.165) is 11.1 Å². The van der Waals surface area contributed by atoms with Crippen LogP contribution in [0.15, 0.2) is 54.6 Å². The number of amides is 1. The Morgan fingerprint density at radius 1 is 1.21 bits per heavy atom. The standard InChI is InChI=1S/C17H16ClN5O/c1-12(13-6-3-2-4-7-13)19-16(24)11-23-21-17(20-22-23)14-8-5-9-15(18)10-14/h2-10,12H,11H2,1H3,(H,19,24)/t12-/m1/s1. The van der Waals surface area contributed by atoms with E-state index >= 15 is 0 Å². The van der Waals surface area contributed by atoms with Crippen molar-refractivity contribution in [1.29, 1.82) is 0 Å². The van der Waals surface area contributed by atoms with Gasteiger partial charge in [-0.2, -0.15) is 4.80 Å². The van der Waals surface area contributed by atoms with Gasteiger partial charge in [-0.3, -0.25) is 4.79 Å². The first-order valence-electron chi connectivity index (χ1n) is 7.50. The molecule has 0 fully saturated rings. The molecule has 0 saturated heterocycles. The smallest absolute Gasteiger partial charge is 0.244 e. The Balaban J connectivity index is 1.63. The van der Waals surface area contributed by atoms with Crippen LogP contribution >= 0.6 is 11.6 Å². The molecule has 7 heteroatoms. The molecule has 0 aliphatic rings. The number of halogens is 1. The Morgan fingerprint density at radius 2 is 2.00 bits per heavy atom. The zero-order chi connectivity index (χ0) is 16.9. The molecule has 3 aromatic rings. The van der Waals surface area contributed by atoms with Crippen LogP contribution in [0.1, 0.15) is 18.5 Å². The van der Waals surface area contributed by atoms with E-state index in [9.17, 15) is 4.79 Å². The van der Waals surface area contributed by atoms with Gasteiger partial charge in [-0.05, 0) is 29.8 Å². The molecule has 1 atom stereocenters. The van der Waals surface area contributed by atoms with E-state index in [1.54, 1.807) is 12.1 Å². The summed E-state index contributed by atoms with van der Waals surface area (Å²) in [5.41, 5.74) is 1.80. The zero-order valence-corrected chi connectivity index (χ0v) is 13.8. The number of nitrogens with one attached hydrogen (secondary N) is 1. The lowest BCUT2D eigenvalue weighted by atomic mass is 10.1. The predicted octanol–water partition coefficient (Wildman–Crippen LogP) is 2.87. The van der Waals surface area contributed by atoms with E-state index in [0.29, 0.717) is 10.8 Å². The normalized spacial score (nSPS) is 11.9. The van der Waals surface area contributed by atoms with Crippen LogP contribution in [0.5, 0.6) is 0 Å². The van der Waals surface area contributed by atoms with E-state index in [2.05, 4.69) is 20.7 Å². The van der Waals surface area contributed by atoms with Crippen LogP contribution in [0, 0.1) is 0 Å². The quantitative estimate of drug-likeness (QED) is 0.774. The topological polar surface area (TPSA) is 72.7 Å². The Labute approximate surface area is 144 Å². The Morgan fingerprint density at radius 3 is 2.75 bits per heavy atom. The average Bonchev–Trinajstić information content (AvgIpc) is 3.04. The molecule has 1 amide bonds. The first-order valence-corrected chi connectivity index (χ1v) is 7.87. The van der Waals surface area contributed by atoms with Gasteiger partial charge in [0.05, 0.1) is 6.04 Å². The van der Waals surface area contributed by atoms with E-state index in [-0.39, 0.29) is 18.5 Å². The van der Waals surface area contributed by atoms with Crippen LogP contribution in [0.4, 0.5) is 0 Å². The van der Waals surface area contributed by atoms with Gasteiger partial charge in [-0.15, -0.1) is 10.2 Å². The van der Waals surface area contributed by atoms with Crippen molar-refractivity contribution < 1.29 is 4.79 Å². The van der Waals surface area contributed by atoms with Crippen LogP contribution in [0.25, 0.3) is 11.4 Å². The summed E-state index contributed by atoms with van der Waals surface area (Å²) in [5.74, 6) is 0.253. The van der Waals surface area contributed by atoms with Crippen molar-refractivity contribution in [3.05, 3.63) is 65.2 Å². The highest BCUT2D eigenvalue weighted by atomic mass is 35.5. The van der Waals surface area contributed by atoms with Crippen LogP contribution in [0.2, 0.25) is 5.02 Å². The van der Waals surface area contributed by atoms with Crippen LogP contribution in [-0.2, 0) is 11.3 Å². The third-order valence-electron chi connectivity index (χ3n) is 3.50. The van der Waals surface area contributed by atoms with Crippen molar-refractivity contribution in [2.45, 2.75) is 19.5 Å². The van der Waals surface area contributed by atoms with E-state index in [4.69, 9.17) is 11.6 Å². The number of carbonyl (C=O) groups is 1. The van der Waals surface area contributed by atoms with E-state index in [1.165, 1.54) is 4.80 Å². The van der Waals surface area contributed by atoms with Crippen molar-refractivity contribution in [1.82, 2.24) is 25.5 Å². The lowest BCUT2D eigenvalue weighted by Gasteiger charge is -2.13. The van der Waals surface area contributed by atoms with Gasteiger partial charge in [0.1, 0.15) is 6.54 Å². The second-order valence-electron chi connectivity index (χ2n) is 5.35. The fourth-order valence-corrected chi connectivity index (χ4v) is 2.48. The summed E-state index contributed by atoms with van der Waals surface area (Å²) in [6.45, 7) is 1.93. The van der Waals surface area contributed by atoms with Gasteiger partial charge in [0.25, 0.3) is 0 Å². The Kier molecular flexibility index (Phi) is 4.86. The maximum Gasteiger partial charge on any atom is 0.244 e. The van der Waals surface area contributed by atoms with Gasteiger partial charge >= 0.3 is 0 Å². The summed E-state index contributed by atoms with van der Waals surface area (Å²) < 4.78 is 0. The van der Waals surface area contributed by atoms with Crippen molar-refractivity contribution in [3.8, 4) is 11.4 Å². The van der Waals surface area contributed by atoms with Gasteiger partial charge in [0.15, 0.2) is 0 Å². The summed E-state index contributed by atoms with van der Waals surface area (Å²) in [6, 6.07) is 16.8. The SMILES string of the molecule is C[C@@H](NC(=O)Cn1nnc(-c2cccc(Cl)c2)n1)c1ccccc1. The van der Waals surface area contributed by atoms with Crippen molar-refractivity contribution >= 4 is 17.5 Å².